The van der Waals surface area contributed by atoms with Gasteiger partial charge in [0.25, 0.3) is 0 Å². The van der Waals surface area contributed by atoms with E-state index >= 15 is 0 Å². The molecule has 3 unspecified atom stereocenters. The van der Waals surface area contributed by atoms with E-state index in [0.29, 0.717) is 0 Å². The van der Waals surface area contributed by atoms with E-state index in [4.69, 9.17) is 13.8 Å². The Balaban J connectivity index is 0.892. The van der Waals surface area contributed by atoms with Crippen molar-refractivity contribution >= 4 is 60.4 Å². The number of furan rings is 2. The molecule has 0 saturated heterocycles. The minimum atomic E-state index is -0.196. The minimum Gasteiger partial charge on any atom is -0.455 e. The Morgan fingerprint density at radius 3 is 1.54 bits per heavy atom. The van der Waals surface area contributed by atoms with Crippen LogP contribution in [-0.4, -0.2) is 5.71 Å². The number of benzene rings is 10. The Labute approximate surface area is 388 Å². The summed E-state index contributed by atoms with van der Waals surface area (Å²) in [5.41, 5.74) is 17.0. The van der Waals surface area contributed by atoms with E-state index in [9.17, 15) is 0 Å². The van der Waals surface area contributed by atoms with Crippen LogP contribution >= 0.6 is 0 Å². The number of nitrogens with zero attached hydrogens (tertiary/aromatic N) is 1. The maximum atomic E-state index is 6.62. The van der Waals surface area contributed by atoms with Gasteiger partial charge in [-0.15, -0.1) is 0 Å². The van der Waals surface area contributed by atoms with Crippen LogP contribution in [0.3, 0.4) is 0 Å². The van der Waals surface area contributed by atoms with Gasteiger partial charge >= 0.3 is 0 Å². The van der Waals surface area contributed by atoms with Gasteiger partial charge in [0.05, 0.1) is 0 Å². The Bertz CT molecular complexity index is 3730. The second kappa shape index (κ2) is 16.0. The highest BCUT2D eigenvalue weighted by Crippen LogP contribution is 2.43. The lowest BCUT2D eigenvalue weighted by molar-refractivity contribution is 0.379. The van der Waals surface area contributed by atoms with Crippen molar-refractivity contribution in [3.63, 3.8) is 0 Å². The number of aliphatic imine (C=N–C) groups is 1. The first-order valence-corrected chi connectivity index (χ1v) is 23.1. The van der Waals surface area contributed by atoms with Crippen LogP contribution in [0.4, 0.5) is 0 Å². The standard InChI is InChI=1S/C63H44N2O2/c1-39-59(43-30-25-41(26-31-43)47-34-29-40-13-5-6-16-46(40)35-47)64-63(45-14-3-2-4-15-45)65-60(39)44-32-27-42(28-33-44)48-36-49(51-19-11-21-55-53-17-7-9-23-57(53)66-61(51)55)38-50(37-48)52-20-12-22-56-54-18-8-10-24-58(54)67-62(52)56/h2-39,60,63,65H,1H3. The molecule has 67 heavy (non-hydrogen) atoms. The van der Waals surface area contributed by atoms with E-state index in [1.807, 2.05) is 24.3 Å². The molecule has 3 heterocycles. The van der Waals surface area contributed by atoms with Gasteiger partial charge in [0.15, 0.2) is 0 Å². The van der Waals surface area contributed by atoms with E-state index in [-0.39, 0.29) is 18.1 Å². The van der Waals surface area contributed by atoms with Crippen molar-refractivity contribution < 1.29 is 8.83 Å². The summed E-state index contributed by atoms with van der Waals surface area (Å²) in [4.78, 5) is 5.43. The maximum Gasteiger partial charge on any atom is 0.143 e. The van der Waals surface area contributed by atoms with Gasteiger partial charge in [-0.3, -0.25) is 10.3 Å². The fourth-order valence-electron chi connectivity index (χ4n) is 10.4. The zero-order valence-corrected chi connectivity index (χ0v) is 36.9. The molecule has 0 radical (unpaired) electrons. The normalized spacial score (nSPS) is 16.3. The third-order valence-corrected chi connectivity index (χ3v) is 13.9. The van der Waals surface area contributed by atoms with E-state index in [1.54, 1.807) is 0 Å². The molecule has 13 rings (SSSR count). The third-order valence-electron chi connectivity index (χ3n) is 13.9. The number of rotatable bonds is 7. The Kier molecular flexibility index (Phi) is 9.33. The van der Waals surface area contributed by atoms with Gasteiger partial charge in [0, 0.05) is 50.3 Å². The summed E-state index contributed by atoms with van der Waals surface area (Å²) < 4.78 is 13.2. The molecule has 0 bridgehead atoms. The van der Waals surface area contributed by atoms with E-state index in [0.717, 1.165) is 94.1 Å². The molecule has 2 aromatic heterocycles. The van der Waals surface area contributed by atoms with Gasteiger partial charge in [-0.1, -0.05) is 195 Å². The van der Waals surface area contributed by atoms with Gasteiger partial charge in [0.1, 0.15) is 28.5 Å². The molecular formula is C63H44N2O2. The quantitative estimate of drug-likeness (QED) is 0.174. The zero-order valence-electron chi connectivity index (χ0n) is 36.9. The van der Waals surface area contributed by atoms with Gasteiger partial charge in [-0.25, -0.2) is 0 Å². The molecule has 4 heteroatoms. The summed E-state index contributed by atoms with van der Waals surface area (Å²) in [7, 11) is 0. The first-order valence-electron chi connectivity index (χ1n) is 23.1. The summed E-state index contributed by atoms with van der Waals surface area (Å²) in [5, 5.41) is 10.9. The van der Waals surface area contributed by atoms with Crippen LogP contribution in [0.15, 0.2) is 238 Å². The summed E-state index contributed by atoms with van der Waals surface area (Å²) in [6.07, 6.45) is -0.196. The molecule has 4 nitrogen and oxygen atoms in total. The van der Waals surface area contributed by atoms with Crippen LogP contribution in [0.5, 0.6) is 0 Å². The second-order valence-corrected chi connectivity index (χ2v) is 17.9. The summed E-state index contributed by atoms with van der Waals surface area (Å²) in [6, 6.07) is 80.4. The van der Waals surface area contributed by atoms with Crippen LogP contribution in [0, 0.1) is 5.92 Å². The number of hydrogen-bond donors (Lipinski definition) is 1. The highest BCUT2D eigenvalue weighted by atomic mass is 16.3. The average molecular weight is 861 g/mol. The highest BCUT2D eigenvalue weighted by molar-refractivity contribution is 6.12. The molecule has 12 aromatic rings. The fraction of sp³-hybridized carbons (Fsp3) is 0.0635. The molecule has 1 aliphatic rings. The largest absolute Gasteiger partial charge is 0.455 e. The van der Waals surface area contributed by atoms with E-state index < -0.39 is 0 Å². The Morgan fingerprint density at radius 1 is 0.373 bits per heavy atom. The fourth-order valence-corrected chi connectivity index (χ4v) is 10.4. The zero-order chi connectivity index (χ0) is 44.4. The molecule has 3 atom stereocenters. The molecular weight excluding hydrogens is 817 g/mol. The van der Waals surface area contributed by atoms with Crippen LogP contribution in [0.1, 0.15) is 35.8 Å². The van der Waals surface area contributed by atoms with Gasteiger partial charge in [0.2, 0.25) is 0 Å². The average Bonchev–Trinajstić information content (AvgIpc) is 3.98. The lowest BCUT2D eigenvalue weighted by Crippen LogP contribution is -2.39. The Hall–Kier alpha value is -8.31. The SMILES string of the molecule is CC1C(c2ccc(-c3ccc4ccccc4c3)cc2)=NC(c2ccccc2)NC1c1ccc(-c2cc(-c3cccc4c3oc3ccccc34)cc(-c3cccc4c3oc3ccccc34)c2)cc1. The van der Waals surface area contributed by atoms with Gasteiger partial charge in [-0.2, -0.15) is 0 Å². The molecule has 0 aliphatic carbocycles. The van der Waals surface area contributed by atoms with E-state index in [2.05, 4.69) is 212 Å². The van der Waals surface area contributed by atoms with Crippen molar-refractivity contribution in [3.05, 3.63) is 241 Å². The molecule has 0 saturated carbocycles. The van der Waals surface area contributed by atoms with Crippen LogP contribution < -0.4 is 5.32 Å². The van der Waals surface area contributed by atoms with Crippen molar-refractivity contribution in [2.45, 2.75) is 19.1 Å². The lowest BCUT2D eigenvalue weighted by Gasteiger charge is -2.36. The summed E-state index contributed by atoms with van der Waals surface area (Å²) >= 11 is 0. The van der Waals surface area contributed by atoms with Crippen LogP contribution in [-0.2, 0) is 0 Å². The monoisotopic (exact) mass is 860 g/mol. The summed E-state index contributed by atoms with van der Waals surface area (Å²) in [5.74, 6) is 0.0980. The predicted molar refractivity (Wildman–Crippen MR) is 277 cm³/mol. The minimum absolute atomic E-state index is 0.0187. The van der Waals surface area contributed by atoms with Crippen molar-refractivity contribution in [1.82, 2.24) is 5.32 Å². The van der Waals surface area contributed by atoms with Gasteiger partial charge < -0.3 is 8.83 Å². The Morgan fingerprint density at radius 2 is 0.881 bits per heavy atom. The molecule has 10 aromatic carbocycles. The molecule has 318 valence electrons. The van der Waals surface area contributed by atoms with Crippen molar-refractivity contribution in [3.8, 4) is 44.5 Å². The molecule has 1 aliphatic heterocycles. The second-order valence-electron chi connectivity index (χ2n) is 17.9. The topological polar surface area (TPSA) is 50.7 Å². The first-order chi connectivity index (χ1) is 33.1. The van der Waals surface area contributed by atoms with Crippen molar-refractivity contribution in [2.75, 3.05) is 0 Å². The summed E-state index contributed by atoms with van der Waals surface area (Å²) in [6.45, 7) is 2.30. The first kappa shape index (κ1) is 39.1. The predicted octanol–water partition coefficient (Wildman–Crippen LogP) is 16.8. The number of nitrogens with one attached hydrogen (secondary N) is 1. The van der Waals surface area contributed by atoms with E-state index in [1.165, 1.54) is 27.5 Å². The van der Waals surface area contributed by atoms with Crippen LogP contribution in [0.2, 0.25) is 0 Å². The smallest absolute Gasteiger partial charge is 0.143 e. The van der Waals surface area contributed by atoms with Crippen molar-refractivity contribution in [1.29, 1.82) is 0 Å². The third kappa shape index (κ3) is 6.84. The van der Waals surface area contributed by atoms with Crippen molar-refractivity contribution in [2.24, 2.45) is 10.9 Å². The van der Waals surface area contributed by atoms with Gasteiger partial charge in [-0.05, 0) is 97.2 Å². The molecule has 0 amide bonds. The van der Waals surface area contributed by atoms with Crippen LogP contribution in [0.25, 0.3) is 99.2 Å². The number of fused-ring (bicyclic) bond motifs is 7. The number of hydrogen-bond acceptors (Lipinski definition) is 4. The number of para-hydroxylation sites is 4. The molecule has 0 spiro atoms. The molecule has 1 N–H and O–H groups in total. The maximum absolute atomic E-state index is 6.62. The highest BCUT2D eigenvalue weighted by Gasteiger charge is 2.32. The molecule has 0 fully saturated rings. The lowest BCUT2D eigenvalue weighted by atomic mass is 9.84.